The highest BCUT2D eigenvalue weighted by Gasteiger charge is 2.26. The number of carbonyl (C=O) groups is 1. The van der Waals surface area contributed by atoms with Crippen LogP contribution < -0.4 is 0 Å². The molecule has 6 nitrogen and oxygen atoms in total. The summed E-state index contributed by atoms with van der Waals surface area (Å²) in [5, 5.41) is 11.0. The monoisotopic (exact) mass is 356 g/mol. The van der Waals surface area contributed by atoms with Crippen LogP contribution in [0, 0.1) is 24.0 Å². The number of nitro groups is 1. The first-order valence-corrected chi connectivity index (χ1v) is 7.77. The van der Waals surface area contributed by atoms with E-state index in [1.807, 2.05) is 32.0 Å². The van der Waals surface area contributed by atoms with E-state index in [0.29, 0.717) is 5.56 Å². The third kappa shape index (κ3) is 3.44. The molecule has 0 saturated heterocycles. The zero-order valence-electron chi connectivity index (χ0n) is 13.4. The Morgan fingerprint density at radius 2 is 1.96 bits per heavy atom. The van der Waals surface area contributed by atoms with E-state index in [1.165, 1.54) is 18.2 Å². The third-order valence-electron chi connectivity index (χ3n) is 3.74. The molecule has 7 heteroatoms. The summed E-state index contributed by atoms with van der Waals surface area (Å²) in [4.78, 5) is 26.6. The van der Waals surface area contributed by atoms with Crippen LogP contribution in [0.1, 0.15) is 22.3 Å². The summed E-state index contributed by atoms with van der Waals surface area (Å²) < 4.78 is 5.15. The van der Waals surface area contributed by atoms with Crippen LogP contribution in [0.5, 0.6) is 0 Å². The lowest BCUT2D eigenvalue weighted by molar-refractivity contribution is -0.384. The lowest BCUT2D eigenvalue weighted by atomic mass is 10.0. The summed E-state index contributed by atoms with van der Waals surface area (Å²) in [5.41, 5.74) is 3.09. The van der Waals surface area contributed by atoms with Crippen molar-refractivity contribution in [2.75, 3.05) is 0 Å². The Morgan fingerprint density at radius 3 is 2.68 bits per heavy atom. The van der Waals surface area contributed by atoms with Crippen molar-refractivity contribution in [2.45, 2.75) is 13.8 Å². The number of hydrogen-bond acceptors (Lipinski definition) is 5. The van der Waals surface area contributed by atoms with Gasteiger partial charge < -0.3 is 4.74 Å². The van der Waals surface area contributed by atoms with E-state index in [4.69, 9.17) is 16.3 Å². The number of halogens is 1. The van der Waals surface area contributed by atoms with Crippen LogP contribution in [0.4, 0.5) is 5.69 Å². The molecule has 126 valence electrons. The molecular weight excluding hydrogens is 344 g/mol. The zero-order chi connectivity index (χ0) is 18.1. The van der Waals surface area contributed by atoms with Crippen molar-refractivity contribution < 1.29 is 14.5 Å². The molecule has 1 heterocycles. The minimum atomic E-state index is -0.603. The quantitative estimate of drug-likeness (QED) is 0.357. The highest BCUT2D eigenvalue weighted by molar-refractivity contribution is 6.32. The Hall–Kier alpha value is -2.99. The molecule has 0 unspecified atom stereocenters. The molecule has 2 aromatic rings. The maximum atomic E-state index is 12.1. The molecule has 0 saturated carbocycles. The van der Waals surface area contributed by atoms with Crippen molar-refractivity contribution in [1.82, 2.24) is 0 Å². The number of hydrogen-bond donors (Lipinski definition) is 0. The largest absolute Gasteiger partial charge is 0.402 e. The number of benzene rings is 2. The van der Waals surface area contributed by atoms with Crippen molar-refractivity contribution in [2.24, 2.45) is 4.99 Å². The van der Waals surface area contributed by atoms with E-state index in [2.05, 4.69) is 4.99 Å². The lowest BCUT2D eigenvalue weighted by Gasteiger charge is -2.01. The number of aliphatic imine (C=N–C) groups is 1. The number of esters is 1. The van der Waals surface area contributed by atoms with Crippen LogP contribution in [0.2, 0.25) is 5.02 Å². The van der Waals surface area contributed by atoms with Gasteiger partial charge in [0, 0.05) is 11.6 Å². The van der Waals surface area contributed by atoms with E-state index < -0.39 is 10.9 Å². The average molecular weight is 357 g/mol. The van der Waals surface area contributed by atoms with Gasteiger partial charge in [0.1, 0.15) is 5.02 Å². The molecule has 0 N–H and O–H groups in total. The first-order chi connectivity index (χ1) is 11.8. The summed E-state index contributed by atoms with van der Waals surface area (Å²) in [5.74, 6) is -0.588. The Labute approximate surface area is 148 Å². The van der Waals surface area contributed by atoms with Crippen LogP contribution >= 0.6 is 11.6 Å². The summed E-state index contributed by atoms with van der Waals surface area (Å²) >= 11 is 5.79. The fourth-order valence-electron chi connectivity index (χ4n) is 2.38. The molecule has 0 spiro atoms. The Morgan fingerprint density at radius 1 is 1.20 bits per heavy atom. The van der Waals surface area contributed by atoms with Gasteiger partial charge in [-0.2, -0.15) is 0 Å². The van der Waals surface area contributed by atoms with Crippen LogP contribution in [-0.4, -0.2) is 16.8 Å². The van der Waals surface area contributed by atoms with Gasteiger partial charge in [0.2, 0.25) is 5.90 Å². The maximum Gasteiger partial charge on any atom is 0.363 e. The average Bonchev–Trinajstić information content (AvgIpc) is 2.92. The van der Waals surface area contributed by atoms with Gasteiger partial charge in [0.25, 0.3) is 5.69 Å². The summed E-state index contributed by atoms with van der Waals surface area (Å²) in [6.07, 6.45) is 1.64. The summed E-state index contributed by atoms with van der Waals surface area (Å²) in [6, 6.07) is 9.99. The van der Waals surface area contributed by atoms with Crippen LogP contribution in [0.25, 0.3) is 6.08 Å². The standard InChI is InChI=1S/C18H13ClN2O4/c1-10-3-4-11(2)13(7-10)8-15-18(22)25-17(20-15)12-5-6-14(19)16(9-12)21(23)24/h3-9H,1-2H3. The molecule has 0 radical (unpaired) electrons. The van der Waals surface area contributed by atoms with Crippen LogP contribution in [0.3, 0.4) is 0 Å². The van der Waals surface area contributed by atoms with Crippen molar-refractivity contribution in [1.29, 1.82) is 0 Å². The molecule has 0 bridgehead atoms. The summed E-state index contributed by atoms with van der Waals surface area (Å²) in [7, 11) is 0. The number of nitrogens with zero attached hydrogens (tertiary/aromatic N) is 2. The highest BCUT2D eigenvalue weighted by Crippen LogP contribution is 2.28. The zero-order valence-corrected chi connectivity index (χ0v) is 14.2. The van der Waals surface area contributed by atoms with Crippen molar-refractivity contribution in [3.8, 4) is 0 Å². The highest BCUT2D eigenvalue weighted by atomic mass is 35.5. The van der Waals surface area contributed by atoms with Gasteiger partial charge >= 0.3 is 5.97 Å². The van der Waals surface area contributed by atoms with Crippen molar-refractivity contribution in [3.05, 3.63) is 79.5 Å². The van der Waals surface area contributed by atoms with E-state index in [-0.39, 0.29) is 22.3 Å². The number of rotatable bonds is 3. The predicted octanol–water partition coefficient (Wildman–Crippen LogP) is 4.21. The molecule has 3 rings (SSSR count). The second kappa shape index (κ2) is 6.49. The molecule has 0 fully saturated rings. The van der Waals surface area contributed by atoms with Crippen LogP contribution in [0.15, 0.2) is 47.1 Å². The first-order valence-electron chi connectivity index (χ1n) is 7.39. The Bertz CT molecular complexity index is 964. The van der Waals surface area contributed by atoms with Gasteiger partial charge in [-0.05, 0) is 43.2 Å². The van der Waals surface area contributed by atoms with Crippen LogP contribution in [-0.2, 0) is 9.53 Å². The number of cyclic esters (lactones) is 1. The van der Waals surface area contributed by atoms with Gasteiger partial charge in [-0.3, -0.25) is 10.1 Å². The summed E-state index contributed by atoms with van der Waals surface area (Å²) in [6.45, 7) is 3.88. The molecule has 2 aromatic carbocycles. The second-order valence-electron chi connectivity index (χ2n) is 5.62. The molecule has 0 atom stereocenters. The van der Waals surface area contributed by atoms with E-state index >= 15 is 0 Å². The van der Waals surface area contributed by atoms with Crippen molar-refractivity contribution >= 4 is 35.2 Å². The van der Waals surface area contributed by atoms with Gasteiger partial charge in [0.05, 0.1) is 4.92 Å². The van der Waals surface area contributed by atoms with E-state index in [9.17, 15) is 14.9 Å². The Kier molecular flexibility index (Phi) is 4.37. The normalized spacial score (nSPS) is 15.2. The van der Waals surface area contributed by atoms with E-state index in [0.717, 1.165) is 16.7 Å². The lowest BCUT2D eigenvalue weighted by Crippen LogP contribution is -2.06. The first kappa shape index (κ1) is 16.9. The number of aryl methyl sites for hydroxylation is 2. The minimum absolute atomic E-state index is 0.00447. The van der Waals surface area contributed by atoms with Gasteiger partial charge in [-0.1, -0.05) is 35.4 Å². The molecule has 1 aliphatic heterocycles. The van der Waals surface area contributed by atoms with E-state index in [1.54, 1.807) is 6.08 Å². The minimum Gasteiger partial charge on any atom is -0.402 e. The molecular formula is C18H13ClN2O4. The number of ether oxygens (including phenoxy) is 1. The van der Waals surface area contributed by atoms with Gasteiger partial charge in [0.15, 0.2) is 5.70 Å². The third-order valence-corrected chi connectivity index (χ3v) is 4.06. The number of carbonyl (C=O) groups excluding carboxylic acids is 1. The smallest absolute Gasteiger partial charge is 0.363 e. The van der Waals surface area contributed by atoms with Gasteiger partial charge in [-0.15, -0.1) is 0 Å². The second-order valence-corrected chi connectivity index (χ2v) is 6.03. The fraction of sp³-hybridized carbons (Fsp3) is 0.111. The topological polar surface area (TPSA) is 81.8 Å². The molecule has 0 amide bonds. The molecule has 0 aromatic heterocycles. The number of nitro benzene ring substituents is 1. The maximum absolute atomic E-state index is 12.1. The molecule has 0 aliphatic carbocycles. The Balaban J connectivity index is 2.01. The van der Waals surface area contributed by atoms with Gasteiger partial charge in [-0.25, -0.2) is 9.79 Å². The van der Waals surface area contributed by atoms with Crippen molar-refractivity contribution in [3.63, 3.8) is 0 Å². The molecule has 1 aliphatic rings. The SMILES string of the molecule is Cc1ccc(C)c(C=C2N=C(c3ccc(Cl)c([N+](=O)[O-])c3)OC2=O)c1. The predicted molar refractivity (Wildman–Crippen MR) is 94.6 cm³/mol. The molecule has 25 heavy (non-hydrogen) atoms. The fourth-order valence-corrected chi connectivity index (χ4v) is 2.57.